The standard InChI is InChI=1S/C18H22N4O3/c23-17(13-22-12-16(18(24)25)19-20-22)21-10-8-15(9-11-21)7-6-14-4-2-1-3-5-14/h1-5,12,15H,6-11,13H2,(H,24,25). The number of nitrogens with zero attached hydrogens (tertiary/aromatic N) is 4. The molecule has 0 bridgehead atoms. The van der Waals surface area contributed by atoms with Gasteiger partial charge in [-0.15, -0.1) is 5.10 Å². The summed E-state index contributed by atoms with van der Waals surface area (Å²) >= 11 is 0. The van der Waals surface area contributed by atoms with Crippen molar-refractivity contribution in [2.24, 2.45) is 5.92 Å². The second kappa shape index (κ2) is 7.92. The topological polar surface area (TPSA) is 88.3 Å². The fraction of sp³-hybridized carbons (Fsp3) is 0.444. The molecule has 132 valence electrons. The van der Waals surface area contributed by atoms with Crippen LogP contribution in [0.3, 0.4) is 0 Å². The van der Waals surface area contributed by atoms with E-state index in [1.54, 1.807) is 0 Å². The van der Waals surface area contributed by atoms with E-state index in [9.17, 15) is 9.59 Å². The minimum Gasteiger partial charge on any atom is -0.476 e. The minimum absolute atomic E-state index is 0.0367. The Morgan fingerprint density at radius 2 is 1.88 bits per heavy atom. The molecular formula is C18H22N4O3. The number of aryl methyl sites for hydroxylation is 1. The summed E-state index contributed by atoms with van der Waals surface area (Å²) in [5.74, 6) is -0.532. The Balaban J connectivity index is 1.43. The Hall–Kier alpha value is -2.70. The number of carbonyl (C=O) groups excluding carboxylic acids is 1. The van der Waals surface area contributed by atoms with E-state index in [4.69, 9.17) is 5.11 Å². The molecule has 0 radical (unpaired) electrons. The molecule has 1 fully saturated rings. The van der Waals surface area contributed by atoms with E-state index in [1.807, 2.05) is 11.0 Å². The highest BCUT2D eigenvalue weighted by Crippen LogP contribution is 2.22. The highest BCUT2D eigenvalue weighted by molar-refractivity contribution is 5.84. The normalized spacial score (nSPS) is 15.3. The molecule has 1 aromatic heterocycles. The lowest BCUT2D eigenvalue weighted by atomic mass is 9.90. The van der Waals surface area contributed by atoms with E-state index in [2.05, 4.69) is 34.6 Å². The Morgan fingerprint density at radius 3 is 2.52 bits per heavy atom. The van der Waals surface area contributed by atoms with Crippen LogP contribution in [0.2, 0.25) is 0 Å². The zero-order valence-corrected chi connectivity index (χ0v) is 14.0. The van der Waals surface area contributed by atoms with Gasteiger partial charge in [-0.3, -0.25) is 4.79 Å². The van der Waals surface area contributed by atoms with Gasteiger partial charge in [0.05, 0.1) is 6.20 Å². The molecule has 1 N–H and O–H groups in total. The summed E-state index contributed by atoms with van der Waals surface area (Å²) in [6, 6.07) is 10.5. The van der Waals surface area contributed by atoms with Gasteiger partial charge in [0, 0.05) is 13.1 Å². The van der Waals surface area contributed by atoms with Crippen molar-refractivity contribution in [1.29, 1.82) is 0 Å². The summed E-state index contributed by atoms with van der Waals surface area (Å²) in [5.41, 5.74) is 1.22. The highest BCUT2D eigenvalue weighted by Gasteiger charge is 2.23. The van der Waals surface area contributed by atoms with E-state index >= 15 is 0 Å². The molecule has 0 saturated carbocycles. The van der Waals surface area contributed by atoms with Crippen molar-refractivity contribution in [3.05, 3.63) is 47.8 Å². The van der Waals surface area contributed by atoms with Crippen LogP contribution >= 0.6 is 0 Å². The SMILES string of the molecule is O=C(O)c1cn(CC(=O)N2CCC(CCc3ccccc3)CC2)nn1. The first-order chi connectivity index (χ1) is 12.1. The number of hydrogen-bond acceptors (Lipinski definition) is 4. The van der Waals surface area contributed by atoms with Crippen LogP contribution in [0, 0.1) is 5.92 Å². The third-order valence-electron chi connectivity index (χ3n) is 4.71. The molecule has 7 heteroatoms. The molecule has 1 aromatic carbocycles. The van der Waals surface area contributed by atoms with E-state index in [-0.39, 0.29) is 18.1 Å². The molecule has 0 unspecified atom stereocenters. The first kappa shape index (κ1) is 17.1. The van der Waals surface area contributed by atoms with Crippen LogP contribution < -0.4 is 0 Å². The van der Waals surface area contributed by atoms with Crippen molar-refractivity contribution in [3.8, 4) is 0 Å². The molecule has 1 aliphatic heterocycles. The highest BCUT2D eigenvalue weighted by atomic mass is 16.4. The first-order valence-electron chi connectivity index (χ1n) is 8.57. The fourth-order valence-corrected chi connectivity index (χ4v) is 3.20. The van der Waals surface area contributed by atoms with Crippen LogP contribution in [0.1, 0.15) is 35.3 Å². The van der Waals surface area contributed by atoms with E-state index in [0.717, 1.165) is 38.8 Å². The molecule has 2 heterocycles. The maximum atomic E-state index is 12.3. The zero-order valence-electron chi connectivity index (χ0n) is 14.0. The largest absolute Gasteiger partial charge is 0.476 e. The van der Waals surface area contributed by atoms with Crippen molar-refractivity contribution in [3.63, 3.8) is 0 Å². The van der Waals surface area contributed by atoms with Crippen LogP contribution in [-0.4, -0.2) is 50.0 Å². The number of likely N-dealkylation sites (tertiary alicyclic amines) is 1. The average Bonchev–Trinajstić information content (AvgIpc) is 3.10. The summed E-state index contributed by atoms with van der Waals surface area (Å²) < 4.78 is 1.28. The lowest BCUT2D eigenvalue weighted by Crippen LogP contribution is -2.40. The van der Waals surface area contributed by atoms with Gasteiger partial charge < -0.3 is 10.0 Å². The zero-order chi connectivity index (χ0) is 17.6. The van der Waals surface area contributed by atoms with Crippen LogP contribution in [0.4, 0.5) is 0 Å². The number of carbonyl (C=O) groups is 2. The summed E-state index contributed by atoms with van der Waals surface area (Å²) in [4.78, 5) is 24.9. The van der Waals surface area contributed by atoms with Crippen molar-refractivity contribution in [2.75, 3.05) is 13.1 Å². The van der Waals surface area contributed by atoms with Crippen LogP contribution in [-0.2, 0) is 17.8 Å². The Kier molecular flexibility index (Phi) is 5.42. The number of piperidine rings is 1. The van der Waals surface area contributed by atoms with E-state index in [1.165, 1.54) is 16.4 Å². The lowest BCUT2D eigenvalue weighted by Gasteiger charge is -2.32. The predicted octanol–water partition coefficient (Wildman–Crippen LogP) is 1.85. The van der Waals surface area contributed by atoms with Crippen LogP contribution in [0.5, 0.6) is 0 Å². The van der Waals surface area contributed by atoms with E-state index in [0.29, 0.717) is 5.92 Å². The van der Waals surface area contributed by atoms with Gasteiger partial charge in [-0.25, -0.2) is 9.48 Å². The second-order valence-corrected chi connectivity index (χ2v) is 6.45. The number of carboxylic acids is 1. The molecule has 3 rings (SSSR count). The predicted molar refractivity (Wildman–Crippen MR) is 91.0 cm³/mol. The molecule has 1 saturated heterocycles. The van der Waals surface area contributed by atoms with Gasteiger partial charge in [0.25, 0.3) is 0 Å². The van der Waals surface area contributed by atoms with Crippen molar-refractivity contribution in [2.45, 2.75) is 32.2 Å². The number of hydrogen-bond donors (Lipinski definition) is 1. The van der Waals surface area contributed by atoms with Crippen molar-refractivity contribution in [1.82, 2.24) is 19.9 Å². The average molecular weight is 342 g/mol. The van der Waals surface area contributed by atoms with E-state index < -0.39 is 5.97 Å². The molecule has 1 amide bonds. The molecule has 25 heavy (non-hydrogen) atoms. The fourth-order valence-electron chi connectivity index (χ4n) is 3.20. The van der Waals surface area contributed by atoms with Gasteiger partial charge in [0.2, 0.25) is 5.91 Å². The van der Waals surface area contributed by atoms with Gasteiger partial charge in [-0.2, -0.15) is 0 Å². The Morgan fingerprint density at radius 1 is 1.16 bits per heavy atom. The molecular weight excluding hydrogens is 320 g/mol. The lowest BCUT2D eigenvalue weighted by molar-refractivity contribution is -0.133. The number of aromatic nitrogens is 3. The maximum absolute atomic E-state index is 12.3. The smallest absolute Gasteiger partial charge is 0.358 e. The van der Waals surface area contributed by atoms with Gasteiger partial charge in [-0.05, 0) is 37.2 Å². The molecule has 7 nitrogen and oxygen atoms in total. The van der Waals surface area contributed by atoms with Gasteiger partial charge in [0.15, 0.2) is 5.69 Å². The molecule has 2 aromatic rings. The van der Waals surface area contributed by atoms with Gasteiger partial charge in [-0.1, -0.05) is 35.5 Å². The summed E-state index contributed by atoms with van der Waals surface area (Å²) in [6.07, 6.45) is 5.53. The summed E-state index contributed by atoms with van der Waals surface area (Å²) in [5, 5.41) is 16.0. The Labute approximate surface area is 146 Å². The number of carboxylic acid groups (broad SMARTS) is 1. The van der Waals surface area contributed by atoms with Gasteiger partial charge >= 0.3 is 5.97 Å². The van der Waals surface area contributed by atoms with Crippen molar-refractivity contribution >= 4 is 11.9 Å². The monoisotopic (exact) mass is 342 g/mol. The number of rotatable bonds is 6. The third kappa shape index (κ3) is 4.65. The van der Waals surface area contributed by atoms with Crippen molar-refractivity contribution < 1.29 is 14.7 Å². The number of benzene rings is 1. The summed E-state index contributed by atoms with van der Waals surface area (Å²) in [7, 11) is 0. The number of aromatic carboxylic acids is 1. The Bertz CT molecular complexity index is 721. The van der Waals surface area contributed by atoms with Gasteiger partial charge in [0.1, 0.15) is 6.54 Å². The number of amides is 1. The molecule has 0 aliphatic carbocycles. The summed E-state index contributed by atoms with van der Waals surface area (Å²) in [6.45, 7) is 1.53. The van der Waals surface area contributed by atoms with Crippen LogP contribution in [0.25, 0.3) is 0 Å². The quantitative estimate of drug-likeness (QED) is 0.865. The van der Waals surface area contributed by atoms with Crippen LogP contribution in [0.15, 0.2) is 36.5 Å². The molecule has 0 atom stereocenters. The molecule has 0 spiro atoms. The minimum atomic E-state index is -1.14. The second-order valence-electron chi connectivity index (χ2n) is 6.45. The third-order valence-corrected chi connectivity index (χ3v) is 4.71. The maximum Gasteiger partial charge on any atom is 0.358 e. The molecule has 1 aliphatic rings. The first-order valence-corrected chi connectivity index (χ1v) is 8.57.